The Morgan fingerprint density at radius 2 is 0.882 bits per heavy atom. The molecule has 0 amide bonds. The molecule has 0 saturated heterocycles. The van der Waals surface area contributed by atoms with Crippen molar-refractivity contribution >= 4 is 7.26 Å². The average Bonchev–Trinajstić information content (AvgIpc) is 2.30. The summed E-state index contributed by atoms with van der Waals surface area (Å²) >= 11 is 0. The van der Waals surface area contributed by atoms with Gasteiger partial charge in [-0.15, -0.1) is 0 Å². The molecule has 0 aromatic rings. The third-order valence-corrected chi connectivity index (χ3v) is 10.1. The second-order valence-electron chi connectivity index (χ2n) is 5.91. The van der Waals surface area contributed by atoms with Gasteiger partial charge in [-0.3, -0.25) is 0 Å². The van der Waals surface area contributed by atoms with Gasteiger partial charge in [-0.2, -0.15) is 0 Å². The van der Waals surface area contributed by atoms with E-state index in [-0.39, 0.29) is 0 Å². The van der Waals surface area contributed by atoms with Gasteiger partial charge in [0.05, 0.1) is 0 Å². The van der Waals surface area contributed by atoms with Crippen molar-refractivity contribution in [2.75, 3.05) is 24.6 Å². The molecule has 0 radical (unpaired) electrons. The van der Waals surface area contributed by atoms with Crippen LogP contribution in [-0.4, -0.2) is 24.6 Å². The Labute approximate surface area is 111 Å². The van der Waals surface area contributed by atoms with Crippen LogP contribution in [0.1, 0.15) is 79.1 Å². The van der Waals surface area contributed by atoms with Gasteiger partial charge in [-0.25, -0.2) is 0 Å². The molecular formula is C16H37P. The van der Waals surface area contributed by atoms with Gasteiger partial charge in [0.15, 0.2) is 0 Å². The predicted octanol–water partition coefficient (Wildman–Crippen LogP) is 5.94. The number of hydrogen-bond donors (Lipinski definition) is 0. The standard InChI is InChI=1S/C16H37P/c1-5-9-11-15-17(13-7-3,14-8-4)16-12-10-6-2/h17H,5-16H2,1-4H3. The quantitative estimate of drug-likeness (QED) is 0.301. The molecule has 0 aliphatic rings. The Bertz CT molecular complexity index is 136. The fourth-order valence-corrected chi connectivity index (χ4v) is 8.93. The number of rotatable bonds is 12. The third kappa shape index (κ3) is 8.20. The predicted molar refractivity (Wildman–Crippen MR) is 87.4 cm³/mol. The molecule has 1 heteroatoms. The minimum atomic E-state index is -0.870. The van der Waals surface area contributed by atoms with Gasteiger partial charge < -0.3 is 0 Å². The van der Waals surface area contributed by atoms with Crippen LogP contribution in [0, 0.1) is 0 Å². The fourth-order valence-electron chi connectivity index (χ4n) is 3.31. The third-order valence-electron chi connectivity index (χ3n) is 4.18. The van der Waals surface area contributed by atoms with E-state index in [0.29, 0.717) is 0 Å². The van der Waals surface area contributed by atoms with Crippen molar-refractivity contribution in [1.29, 1.82) is 0 Å². The van der Waals surface area contributed by atoms with Crippen molar-refractivity contribution in [2.24, 2.45) is 0 Å². The van der Waals surface area contributed by atoms with Crippen LogP contribution in [0.2, 0.25) is 0 Å². The van der Waals surface area contributed by atoms with Gasteiger partial charge in [0.25, 0.3) is 0 Å². The van der Waals surface area contributed by atoms with Crippen molar-refractivity contribution in [2.45, 2.75) is 79.1 Å². The topological polar surface area (TPSA) is 0 Å². The molecule has 106 valence electrons. The van der Waals surface area contributed by atoms with Crippen LogP contribution in [0.4, 0.5) is 0 Å². The minimum absolute atomic E-state index is 0.870. The number of hydrogen-bond acceptors (Lipinski definition) is 0. The molecule has 0 unspecified atom stereocenters. The summed E-state index contributed by atoms with van der Waals surface area (Å²) in [7, 11) is -0.870. The van der Waals surface area contributed by atoms with E-state index in [0.717, 1.165) is 0 Å². The van der Waals surface area contributed by atoms with E-state index in [1.807, 2.05) is 0 Å². The Hall–Kier alpha value is 0.430. The fraction of sp³-hybridized carbons (Fsp3) is 1.00. The van der Waals surface area contributed by atoms with E-state index in [9.17, 15) is 0 Å². The molecule has 0 N–H and O–H groups in total. The Morgan fingerprint density at radius 1 is 0.471 bits per heavy atom. The number of unbranched alkanes of at least 4 members (excludes halogenated alkanes) is 4. The zero-order valence-electron chi connectivity index (χ0n) is 13.0. The maximum absolute atomic E-state index is 2.40. The summed E-state index contributed by atoms with van der Waals surface area (Å²) in [6.45, 7) is 9.47. The maximum atomic E-state index is 2.40. The van der Waals surface area contributed by atoms with Crippen molar-refractivity contribution in [3.8, 4) is 0 Å². The molecule has 0 heterocycles. The van der Waals surface area contributed by atoms with Crippen molar-refractivity contribution < 1.29 is 0 Å². The van der Waals surface area contributed by atoms with Crippen LogP contribution < -0.4 is 0 Å². The van der Waals surface area contributed by atoms with Gasteiger partial charge in [-0.1, -0.05) is 0 Å². The van der Waals surface area contributed by atoms with Crippen LogP contribution in [0.15, 0.2) is 0 Å². The van der Waals surface area contributed by atoms with E-state index >= 15 is 0 Å². The first-order chi connectivity index (χ1) is 8.24. The van der Waals surface area contributed by atoms with Gasteiger partial charge in [-0.05, 0) is 0 Å². The monoisotopic (exact) mass is 260 g/mol. The van der Waals surface area contributed by atoms with Gasteiger partial charge >= 0.3 is 111 Å². The summed E-state index contributed by atoms with van der Waals surface area (Å²) in [5.74, 6) is 0. The van der Waals surface area contributed by atoms with E-state index in [1.165, 1.54) is 51.4 Å². The molecule has 0 saturated carbocycles. The molecule has 17 heavy (non-hydrogen) atoms. The van der Waals surface area contributed by atoms with Crippen LogP contribution >= 0.6 is 7.26 Å². The van der Waals surface area contributed by atoms with E-state index < -0.39 is 7.26 Å². The first-order valence-corrected chi connectivity index (χ1v) is 11.1. The zero-order chi connectivity index (χ0) is 13.0. The van der Waals surface area contributed by atoms with Crippen LogP contribution in [-0.2, 0) is 0 Å². The van der Waals surface area contributed by atoms with Gasteiger partial charge in [0.2, 0.25) is 0 Å². The summed E-state index contributed by atoms with van der Waals surface area (Å²) in [5.41, 5.74) is 0. The molecule has 0 bridgehead atoms. The molecule has 0 nitrogen and oxygen atoms in total. The van der Waals surface area contributed by atoms with Gasteiger partial charge in [0, 0.05) is 0 Å². The molecule has 0 rings (SSSR count). The Morgan fingerprint density at radius 3 is 1.18 bits per heavy atom. The summed E-state index contributed by atoms with van der Waals surface area (Å²) in [6.07, 6.45) is 18.1. The zero-order valence-corrected chi connectivity index (χ0v) is 14.0. The Kier molecular flexibility index (Phi) is 11.8. The summed E-state index contributed by atoms with van der Waals surface area (Å²) in [6, 6.07) is 0. The normalized spacial score (nSPS) is 12.9. The average molecular weight is 260 g/mol. The molecule has 0 aliphatic carbocycles. The van der Waals surface area contributed by atoms with E-state index in [4.69, 9.17) is 0 Å². The molecule has 0 atom stereocenters. The van der Waals surface area contributed by atoms with E-state index in [1.54, 1.807) is 24.6 Å². The van der Waals surface area contributed by atoms with Crippen molar-refractivity contribution in [1.82, 2.24) is 0 Å². The summed E-state index contributed by atoms with van der Waals surface area (Å²) in [5, 5.41) is 0. The molecule has 0 fully saturated rings. The first-order valence-electron chi connectivity index (χ1n) is 8.24. The van der Waals surface area contributed by atoms with E-state index in [2.05, 4.69) is 27.7 Å². The molecule has 0 aromatic heterocycles. The van der Waals surface area contributed by atoms with Crippen LogP contribution in [0.3, 0.4) is 0 Å². The van der Waals surface area contributed by atoms with Crippen molar-refractivity contribution in [3.63, 3.8) is 0 Å². The van der Waals surface area contributed by atoms with Crippen molar-refractivity contribution in [3.05, 3.63) is 0 Å². The van der Waals surface area contributed by atoms with Crippen LogP contribution in [0.25, 0.3) is 0 Å². The molecular weight excluding hydrogens is 223 g/mol. The molecule has 0 spiro atoms. The van der Waals surface area contributed by atoms with Crippen LogP contribution in [0.5, 0.6) is 0 Å². The second-order valence-corrected chi connectivity index (χ2v) is 10.9. The summed E-state index contributed by atoms with van der Waals surface area (Å²) in [4.78, 5) is 0. The van der Waals surface area contributed by atoms with Gasteiger partial charge in [0.1, 0.15) is 0 Å². The first kappa shape index (κ1) is 17.4. The SMILES string of the molecule is CCCCC[PH](CCC)(CCC)CCCCC. The second kappa shape index (κ2) is 11.5. The summed E-state index contributed by atoms with van der Waals surface area (Å²) < 4.78 is 0. The molecule has 0 aliphatic heterocycles. The molecule has 0 aromatic carbocycles. The Balaban J connectivity index is 4.25.